The second kappa shape index (κ2) is 8.02. The molecular weight excluding hydrogens is 374 g/mol. The van der Waals surface area contributed by atoms with Crippen molar-refractivity contribution in [2.45, 2.75) is 6.54 Å². The Hall–Kier alpha value is -3.51. The number of benzene rings is 2. The van der Waals surface area contributed by atoms with Gasteiger partial charge in [0.15, 0.2) is 5.69 Å². The summed E-state index contributed by atoms with van der Waals surface area (Å²) in [7, 11) is 0. The zero-order chi connectivity index (χ0) is 19.3. The summed E-state index contributed by atoms with van der Waals surface area (Å²) in [5.41, 5.74) is 5.50. The molecule has 7 heteroatoms. The highest BCUT2D eigenvalue weighted by Crippen LogP contribution is 2.14. The van der Waals surface area contributed by atoms with Gasteiger partial charge in [0.1, 0.15) is 0 Å². The topological polar surface area (TPSA) is 72.2 Å². The Bertz CT molecular complexity index is 1150. The minimum absolute atomic E-state index is 0.294. The fraction of sp³-hybridized carbons (Fsp3) is 0.0476. The van der Waals surface area contributed by atoms with E-state index in [1.807, 2.05) is 54.6 Å². The summed E-state index contributed by atoms with van der Waals surface area (Å²) < 4.78 is 1.69. The van der Waals surface area contributed by atoms with E-state index >= 15 is 0 Å². The van der Waals surface area contributed by atoms with Crippen LogP contribution in [0.25, 0.3) is 10.9 Å². The molecule has 0 saturated heterocycles. The number of halogens is 1. The maximum Gasteiger partial charge on any atom is 0.291 e. The largest absolute Gasteiger partial charge is 0.291 e. The number of carbonyl (C=O) groups excluding carboxylic acids is 1. The lowest BCUT2D eigenvalue weighted by atomic mass is 10.1. The van der Waals surface area contributed by atoms with Crippen LogP contribution in [0.15, 0.2) is 78.2 Å². The zero-order valence-corrected chi connectivity index (χ0v) is 15.5. The molecule has 1 N–H and O–H groups in total. The summed E-state index contributed by atoms with van der Waals surface area (Å²) in [5.74, 6) is -0.376. The normalized spacial score (nSPS) is 11.2. The maximum atomic E-state index is 12.3. The van der Waals surface area contributed by atoms with Crippen molar-refractivity contribution in [1.82, 2.24) is 20.2 Å². The van der Waals surface area contributed by atoms with Gasteiger partial charge < -0.3 is 0 Å². The second-order valence-electron chi connectivity index (χ2n) is 6.15. The highest BCUT2D eigenvalue weighted by atomic mass is 35.5. The van der Waals surface area contributed by atoms with Crippen molar-refractivity contribution in [3.05, 3.63) is 94.9 Å². The molecule has 1 amide bonds. The molecule has 2 aromatic carbocycles. The molecule has 0 spiro atoms. The number of hydrazone groups is 1. The van der Waals surface area contributed by atoms with Crippen LogP contribution in [-0.4, -0.2) is 26.9 Å². The first kappa shape index (κ1) is 17.9. The van der Waals surface area contributed by atoms with Gasteiger partial charge in [-0.25, -0.2) is 5.43 Å². The molecule has 4 aromatic rings. The van der Waals surface area contributed by atoms with Crippen LogP contribution in [0.2, 0.25) is 5.02 Å². The van der Waals surface area contributed by atoms with E-state index in [0.29, 0.717) is 17.3 Å². The van der Waals surface area contributed by atoms with Crippen LogP contribution < -0.4 is 5.43 Å². The number of pyridine rings is 1. The van der Waals surface area contributed by atoms with Gasteiger partial charge in [-0.15, -0.1) is 0 Å². The summed E-state index contributed by atoms with van der Waals surface area (Å²) in [5, 5.41) is 10.0. The molecule has 0 aliphatic rings. The molecular formula is C21H16ClN5O. The smallest absolute Gasteiger partial charge is 0.268 e. The standard InChI is InChI=1S/C21H16ClN5O/c22-18-8-6-15(7-9-18)14-27-12-10-19(26-27)21(28)25-24-13-17-4-1-3-16-5-2-11-23-20(16)17/h1-13H,14H2,(H,25,28)/b24-13-. The molecule has 4 rings (SSSR count). The monoisotopic (exact) mass is 389 g/mol. The Morgan fingerprint density at radius 2 is 1.93 bits per heavy atom. The van der Waals surface area contributed by atoms with E-state index in [1.165, 1.54) is 0 Å². The molecule has 2 heterocycles. The van der Waals surface area contributed by atoms with Crippen molar-refractivity contribution in [2.75, 3.05) is 0 Å². The second-order valence-corrected chi connectivity index (χ2v) is 6.58. The van der Waals surface area contributed by atoms with Gasteiger partial charge in [0.05, 0.1) is 18.3 Å². The number of para-hydroxylation sites is 1. The van der Waals surface area contributed by atoms with Crippen LogP contribution >= 0.6 is 11.6 Å². The van der Waals surface area contributed by atoms with Crippen molar-refractivity contribution >= 4 is 34.6 Å². The van der Waals surface area contributed by atoms with E-state index in [9.17, 15) is 4.79 Å². The van der Waals surface area contributed by atoms with Crippen molar-refractivity contribution < 1.29 is 4.79 Å². The van der Waals surface area contributed by atoms with E-state index in [4.69, 9.17) is 11.6 Å². The van der Waals surface area contributed by atoms with Gasteiger partial charge in [-0.05, 0) is 29.8 Å². The van der Waals surface area contributed by atoms with Crippen LogP contribution in [0.4, 0.5) is 0 Å². The van der Waals surface area contributed by atoms with Crippen molar-refractivity contribution in [3.8, 4) is 0 Å². The van der Waals surface area contributed by atoms with Gasteiger partial charge in [-0.3, -0.25) is 14.5 Å². The van der Waals surface area contributed by atoms with Gasteiger partial charge in [0, 0.05) is 28.4 Å². The minimum Gasteiger partial charge on any atom is -0.268 e. The SMILES string of the molecule is O=C(N/N=C\c1cccc2cccnc12)c1ccn(Cc2ccc(Cl)cc2)n1. The summed E-state index contributed by atoms with van der Waals surface area (Å²) >= 11 is 5.89. The molecule has 6 nitrogen and oxygen atoms in total. The number of fused-ring (bicyclic) bond motifs is 1. The summed E-state index contributed by atoms with van der Waals surface area (Å²) in [6, 6.07) is 18.8. The predicted octanol–water partition coefficient (Wildman–Crippen LogP) is 3.90. The van der Waals surface area contributed by atoms with Gasteiger partial charge in [-0.1, -0.05) is 48.0 Å². The minimum atomic E-state index is -0.376. The van der Waals surface area contributed by atoms with E-state index < -0.39 is 0 Å². The molecule has 138 valence electrons. The molecule has 2 aromatic heterocycles. The van der Waals surface area contributed by atoms with E-state index in [-0.39, 0.29) is 5.91 Å². The van der Waals surface area contributed by atoms with Crippen molar-refractivity contribution in [1.29, 1.82) is 0 Å². The summed E-state index contributed by atoms with van der Waals surface area (Å²) in [4.78, 5) is 16.6. The van der Waals surface area contributed by atoms with Crippen LogP contribution in [0.5, 0.6) is 0 Å². The first-order valence-electron chi connectivity index (χ1n) is 8.64. The third-order valence-electron chi connectivity index (χ3n) is 4.16. The molecule has 28 heavy (non-hydrogen) atoms. The number of carbonyl (C=O) groups is 1. The zero-order valence-electron chi connectivity index (χ0n) is 14.8. The molecule has 0 fully saturated rings. The van der Waals surface area contributed by atoms with Gasteiger partial charge in [-0.2, -0.15) is 10.2 Å². The summed E-state index contributed by atoms with van der Waals surface area (Å²) in [6.45, 7) is 0.551. The Labute approximate surface area is 166 Å². The Morgan fingerprint density at radius 3 is 2.79 bits per heavy atom. The van der Waals surface area contributed by atoms with E-state index in [1.54, 1.807) is 29.4 Å². The Balaban J connectivity index is 1.42. The third kappa shape index (κ3) is 4.07. The Morgan fingerprint density at radius 1 is 1.11 bits per heavy atom. The quantitative estimate of drug-likeness (QED) is 0.415. The molecule has 0 unspecified atom stereocenters. The highest BCUT2D eigenvalue weighted by molar-refractivity contribution is 6.30. The van der Waals surface area contributed by atoms with Crippen LogP contribution in [0.3, 0.4) is 0 Å². The highest BCUT2D eigenvalue weighted by Gasteiger charge is 2.09. The molecule has 0 aliphatic heterocycles. The molecule has 0 bridgehead atoms. The molecule has 0 radical (unpaired) electrons. The number of hydrogen-bond donors (Lipinski definition) is 1. The fourth-order valence-electron chi connectivity index (χ4n) is 2.80. The number of rotatable bonds is 5. The number of aromatic nitrogens is 3. The number of nitrogens with one attached hydrogen (secondary N) is 1. The lowest BCUT2D eigenvalue weighted by Crippen LogP contribution is -2.18. The number of hydrogen-bond acceptors (Lipinski definition) is 4. The fourth-order valence-corrected chi connectivity index (χ4v) is 2.92. The predicted molar refractivity (Wildman–Crippen MR) is 110 cm³/mol. The van der Waals surface area contributed by atoms with E-state index in [0.717, 1.165) is 22.0 Å². The number of amides is 1. The van der Waals surface area contributed by atoms with Gasteiger partial charge in [0.25, 0.3) is 5.91 Å². The average Bonchev–Trinajstić information content (AvgIpc) is 3.18. The van der Waals surface area contributed by atoms with E-state index in [2.05, 4.69) is 20.6 Å². The number of nitrogens with zero attached hydrogens (tertiary/aromatic N) is 4. The van der Waals surface area contributed by atoms with Crippen molar-refractivity contribution in [2.24, 2.45) is 5.10 Å². The average molecular weight is 390 g/mol. The first-order chi connectivity index (χ1) is 13.7. The molecule has 0 atom stereocenters. The van der Waals surface area contributed by atoms with Gasteiger partial charge >= 0.3 is 0 Å². The summed E-state index contributed by atoms with van der Waals surface area (Å²) in [6.07, 6.45) is 5.06. The van der Waals surface area contributed by atoms with Crippen LogP contribution in [0, 0.1) is 0 Å². The van der Waals surface area contributed by atoms with Gasteiger partial charge in [0.2, 0.25) is 0 Å². The first-order valence-corrected chi connectivity index (χ1v) is 9.02. The third-order valence-corrected chi connectivity index (χ3v) is 4.42. The maximum absolute atomic E-state index is 12.3. The van der Waals surface area contributed by atoms with Crippen LogP contribution in [0.1, 0.15) is 21.6 Å². The molecule has 0 saturated carbocycles. The lowest BCUT2D eigenvalue weighted by molar-refractivity contribution is 0.0949. The van der Waals surface area contributed by atoms with Crippen LogP contribution in [-0.2, 0) is 6.54 Å². The molecule has 0 aliphatic carbocycles. The van der Waals surface area contributed by atoms with Crippen molar-refractivity contribution in [3.63, 3.8) is 0 Å². The Kier molecular flexibility index (Phi) is 5.12. The lowest BCUT2D eigenvalue weighted by Gasteiger charge is -2.02.